The Morgan fingerprint density at radius 2 is 2.62 bits per heavy atom. The molecule has 0 saturated carbocycles. The van der Waals surface area contributed by atoms with Gasteiger partial charge in [0.05, 0.1) is 6.61 Å². The van der Waals surface area contributed by atoms with Crippen LogP contribution in [0.1, 0.15) is 18.4 Å². The fraction of sp³-hybridized carbons (Fsp3) is 0.333. The fourth-order valence-electron chi connectivity index (χ4n) is 0.689. The maximum atomic E-state index is 10.8. The van der Waals surface area contributed by atoms with Gasteiger partial charge in [-0.05, 0) is 12.8 Å². The topological polar surface area (TPSA) is 39.2 Å². The van der Waals surface area contributed by atoms with Gasteiger partial charge in [-0.1, -0.05) is 5.92 Å². The predicted octanol–water partition coefficient (Wildman–Crippen LogP) is 1.45. The maximum Gasteiger partial charge on any atom is 0.317 e. The average Bonchev–Trinajstić information content (AvgIpc) is 2.57. The number of esters is 1. The van der Waals surface area contributed by atoms with E-state index >= 15 is 0 Å². The summed E-state index contributed by atoms with van der Waals surface area (Å²) in [5.74, 6) is 5.18. The van der Waals surface area contributed by atoms with E-state index in [0.717, 1.165) is 5.01 Å². The highest BCUT2D eigenvalue weighted by atomic mass is 32.1. The Hall–Kier alpha value is -1.34. The molecular formula is C9H9NO2S. The van der Waals surface area contributed by atoms with Crippen molar-refractivity contribution in [1.82, 2.24) is 4.98 Å². The standard InChI is InChI=1S/C9H9NO2S/c1-2-12-9(11)5-3-4-8-10-6-7-13-8/h6-7H,2,5H2,1H3. The maximum absolute atomic E-state index is 10.8. The number of nitrogens with zero attached hydrogens (tertiary/aromatic N) is 1. The lowest BCUT2D eigenvalue weighted by molar-refractivity contribution is -0.141. The van der Waals surface area contributed by atoms with Crippen LogP contribution in [0.5, 0.6) is 0 Å². The van der Waals surface area contributed by atoms with Crippen LogP contribution in [0, 0.1) is 11.8 Å². The lowest BCUT2D eigenvalue weighted by Crippen LogP contribution is -2.01. The second-order valence-electron chi connectivity index (χ2n) is 2.12. The van der Waals surface area contributed by atoms with Crippen LogP contribution >= 0.6 is 11.3 Å². The molecule has 0 bridgehead atoms. The molecule has 0 amide bonds. The molecular weight excluding hydrogens is 186 g/mol. The summed E-state index contributed by atoms with van der Waals surface area (Å²) in [5, 5.41) is 2.57. The zero-order chi connectivity index (χ0) is 9.52. The number of carbonyl (C=O) groups is 1. The minimum atomic E-state index is -0.286. The lowest BCUT2D eigenvalue weighted by atomic mass is 10.4. The van der Waals surface area contributed by atoms with Gasteiger partial charge >= 0.3 is 5.97 Å². The molecule has 0 aliphatic heterocycles. The van der Waals surface area contributed by atoms with Crippen molar-refractivity contribution in [2.45, 2.75) is 13.3 Å². The van der Waals surface area contributed by atoms with E-state index in [9.17, 15) is 4.79 Å². The molecule has 13 heavy (non-hydrogen) atoms. The van der Waals surface area contributed by atoms with E-state index in [1.165, 1.54) is 11.3 Å². The number of thiazole rings is 1. The van der Waals surface area contributed by atoms with E-state index in [2.05, 4.69) is 16.8 Å². The molecule has 0 fully saturated rings. The molecule has 0 aliphatic rings. The molecule has 68 valence electrons. The van der Waals surface area contributed by atoms with E-state index in [0.29, 0.717) is 6.61 Å². The van der Waals surface area contributed by atoms with Crippen molar-refractivity contribution in [2.75, 3.05) is 6.61 Å². The van der Waals surface area contributed by atoms with Crippen LogP contribution in [0.15, 0.2) is 11.6 Å². The summed E-state index contributed by atoms with van der Waals surface area (Å²) in [6, 6.07) is 0. The van der Waals surface area contributed by atoms with Crippen molar-refractivity contribution in [3.8, 4) is 11.8 Å². The van der Waals surface area contributed by atoms with Gasteiger partial charge in [0, 0.05) is 11.6 Å². The third-order valence-electron chi connectivity index (χ3n) is 1.17. The van der Waals surface area contributed by atoms with Crippen molar-refractivity contribution in [1.29, 1.82) is 0 Å². The first kappa shape index (κ1) is 9.75. The zero-order valence-corrected chi connectivity index (χ0v) is 8.06. The Morgan fingerprint density at radius 1 is 1.77 bits per heavy atom. The quantitative estimate of drug-likeness (QED) is 0.529. The zero-order valence-electron chi connectivity index (χ0n) is 7.24. The smallest absolute Gasteiger partial charge is 0.317 e. The molecule has 1 aromatic rings. The van der Waals surface area contributed by atoms with Crippen molar-refractivity contribution in [2.24, 2.45) is 0 Å². The monoisotopic (exact) mass is 195 g/mol. The Labute approximate surface area is 80.8 Å². The minimum Gasteiger partial charge on any atom is -0.465 e. The van der Waals surface area contributed by atoms with Crippen molar-refractivity contribution >= 4 is 17.3 Å². The first-order valence-corrected chi connectivity index (χ1v) is 4.75. The van der Waals surface area contributed by atoms with Gasteiger partial charge in [-0.2, -0.15) is 0 Å². The van der Waals surface area contributed by atoms with E-state index in [1.54, 1.807) is 13.1 Å². The normalized spacial score (nSPS) is 8.69. The number of aromatic nitrogens is 1. The van der Waals surface area contributed by atoms with Crippen molar-refractivity contribution in [3.05, 3.63) is 16.6 Å². The van der Waals surface area contributed by atoms with Crippen LogP contribution in [0.4, 0.5) is 0 Å². The van der Waals surface area contributed by atoms with Crippen LogP contribution in [0.25, 0.3) is 0 Å². The summed E-state index contributed by atoms with van der Waals surface area (Å²) in [4.78, 5) is 14.8. The van der Waals surface area contributed by atoms with E-state index in [1.807, 2.05) is 5.38 Å². The number of rotatable bonds is 2. The molecule has 0 aromatic carbocycles. The first-order valence-electron chi connectivity index (χ1n) is 3.87. The molecule has 1 heterocycles. The molecule has 0 aliphatic carbocycles. The minimum absolute atomic E-state index is 0.132. The SMILES string of the molecule is CCOC(=O)CC#Cc1nccs1. The molecule has 0 atom stereocenters. The largest absolute Gasteiger partial charge is 0.465 e. The van der Waals surface area contributed by atoms with Gasteiger partial charge in [0.25, 0.3) is 0 Å². The third kappa shape index (κ3) is 3.72. The Balaban J connectivity index is 2.37. The molecule has 0 N–H and O–H groups in total. The van der Waals surface area contributed by atoms with E-state index in [4.69, 9.17) is 4.74 Å². The molecule has 0 spiro atoms. The van der Waals surface area contributed by atoms with Gasteiger partial charge in [-0.15, -0.1) is 11.3 Å². The third-order valence-corrected chi connectivity index (χ3v) is 1.85. The van der Waals surface area contributed by atoms with Crippen LogP contribution in [0.3, 0.4) is 0 Å². The van der Waals surface area contributed by atoms with Gasteiger partial charge in [0.2, 0.25) is 0 Å². The van der Waals surface area contributed by atoms with Gasteiger partial charge in [-0.3, -0.25) is 4.79 Å². The summed E-state index contributed by atoms with van der Waals surface area (Å²) in [7, 11) is 0. The first-order chi connectivity index (χ1) is 6.33. The molecule has 4 heteroatoms. The molecule has 0 saturated heterocycles. The van der Waals surface area contributed by atoms with Crippen LogP contribution in [-0.4, -0.2) is 17.6 Å². The van der Waals surface area contributed by atoms with Crippen LogP contribution < -0.4 is 0 Å². The van der Waals surface area contributed by atoms with Gasteiger partial charge < -0.3 is 4.74 Å². The van der Waals surface area contributed by atoms with E-state index in [-0.39, 0.29) is 12.4 Å². The van der Waals surface area contributed by atoms with Crippen molar-refractivity contribution in [3.63, 3.8) is 0 Å². The predicted molar refractivity (Wildman–Crippen MR) is 50.2 cm³/mol. The molecule has 1 aromatic heterocycles. The second kappa shape index (κ2) is 5.33. The Bertz CT molecular complexity index is 321. The number of hydrogen-bond acceptors (Lipinski definition) is 4. The molecule has 0 radical (unpaired) electrons. The highest BCUT2D eigenvalue weighted by molar-refractivity contribution is 7.10. The molecule has 3 nitrogen and oxygen atoms in total. The number of hydrogen-bond donors (Lipinski definition) is 0. The van der Waals surface area contributed by atoms with E-state index < -0.39 is 0 Å². The summed E-state index contributed by atoms with van der Waals surface area (Å²) in [5.41, 5.74) is 0. The number of ether oxygens (including phenoxy) is 1. The molecule has 0 unspecified atom stereocenters. The number of carbonyl (C=O) groups excluding carboxylic acids is 1. The Morgan fingerprint density at radius 3 is 3.23 bits per heavy atom. The highest BCUT2D eigenvalue weighted by Gasteiger charge is 1.96. The Kier molecular flexibility index (Phi) is 4.00. The van der Waals surface area contributed by atoms with Crippen LogP contribution in [-0.2, 0) is 9.53 Å². The average molecular weight is 195 g/mol. The van der Waals surface area contributed by atoms with Gasteiger partial charge in [0.1, 0.15) is 6.42 Å². The fourth-order valence-corrected chi connectivity index (χ4v) is 1.19. The summed E-state index contributed by atoms with van der Waals surface area (Å²) in [6.45, 7) is 2.17. The second-order valence-corrected chi connectivity index (χ2v) is 3.02. The van der Waals surface area contributed by atoms with Gasteiger partial charge in [0.15, 0.2) is 5.01 Å². The summed E-state index contributed by atoms with van der Waals surface area (Å²) >= 11 is 1.45. The summed E-state index contributed by atoms with van der Waals surface area (Å²) in [6.07, 6.45) is 1.81. The summed E-state index contributed by atoms with van der Waals surface area (Å²) < 4.78 is 4.70. The van der Waals surface area contributed by atoms with Gasteiger partial charge in [-0.25, -0.2) is 4.98 Å². The highest BCUT2D eigenvalue weighted by Crippen LogP contribution is 2.00. The lowest BCUT2D eigenvalue weighted by Gasteiger charge is -1.94. The van der Waals surface area contributed by atoms with Crippen molar-refractivity contribution < 1.29 is 9.53 Å². The molecule has 1 rings (SSSR count). The van der Waals surface area contributed by atoms with Crippen LogP contribution in [0.2, 0.25) is 0 Å².